The van der Waals surface area contributed by atoms with E-state index in [4.69, 9.17) is 4.74 Å². The third kappa shape index (κ3) is 3.59. The van der Waals surface area contributed by atoms with Gasteiger partial charge < -0.3 is 19.5 Å². The van der Waals surface area contributed by atoms with Crippen LogP contribution in [0.2, 0.25) is 0 Å². The zero-order chi connectivity index (χ0) is 14.8. The van der Waals surface area contributed by atoms with E-state index in [0.29, 0.717) is 0 Å². The van der Waals surface area contributed by atoms with Crippen molar-refractivity contribution in [3.05, 3.63) is 0 Å². The van der Waals surface area contributed by atoms with E-state index in [2.05, 4.69) is 4.74 Å². The number of rotatable bonds is 1. The summed E-state index contributed by atoms with van der Waals surface area (Å²) >= 11 is 0. The van der Waals surface area contributed by atoms with Crippen LogP contribution in [0.5, 0.6) is 0 Å². The van der Waals surface area contributed by atoms with Gasteiger partial charge in [-0.2, -0.15) is 0 Å². The number of carbonyl (C=O) groups excluding carboxylic acids is 2. The molecule has 0 saturated carbocycles. The first-order valence-electron chi connectivity index (χ1n) is 6.39. The molecule has 1 saturated heterocycles. The lowest BCUT2D eigenvalue weighted by atomic mass is 9.82. The number of ether oxygens (including phenoxy) is 2. The summed E-state index contributed by atoms with van der Waals surface area (Å²) in [5, 5.41) is 10.3. The summed E-state index contributed by atoms with van der Waals surface area (Å²) in [6.07, 6.45) is -0.272. The first kappa shape index (κ1) is 15.8. The van der Waals surface area contributed by atoms with E-state index < -0.39 is 29.2 Å². The summed E-state index contributed by atoms with van der Waals surface area (Å²) in [7, 11) is 1.24. The fraction of sp³-hybridized carbons (Fsp3) is 0.846. The second-order valence-corrected chi connectivity index (χ2v) is 5.99. The van der Waals surface area contributed by atoms with Crippen LogP contribution < -0.4 is 0 Å². The molecule has 1 N–H and O–H groups in total. The molecule has 0 aromatic carbocycles. The van der Waals surface area contributed by atoms with Crippen LogP contribution in [0.25, 0.3) is 0 Å². The SMILES string of the molecule is COC(=O)[C@@]1(O)CCN(C(=O)OC(C)(C)C)CC1C. The number of nitrogens with zero attached hydrogens (tertiary/aromatic N) is 1. The molecular formula is C13H23NO5. The number of carbonyl (C=O) groups is 2. The van der Waals surface area contributed by atoms with Crippen LogP contribution in [0.15, 0.2) is 0 Å². The van der Waals surface area contributed by atoms with Crippen LogP contribution in [-0.4, -0.2) is 53.5 Å². The highest BCUT2D eigenvalue weighted by Crippen LogP contribution is 2.29. The van der Waals surface area contributed by atoms with E-state index in [0.717, 1.165) is 0 Å². The average molecular weight is 273 g/mol. The fourth-order valence-corrected chi connectivity index (χ4v) is 2.10. The molecule has 1 rings (SSSR count). The van der Waals surface area contributed by atoms with E-state index >= 15 is 0 Å². The molecule has 0 aromatic rings. The Morgan fingerprint density at radius 2 is 1.95 bits per heavy atom. The molecule has 1 amide bonds. The van der Waals surface area contributed by atoms with Gasteiger partial charge in [0, 0.05) is 25.4 Å². The minimum Gasteiger partial charge on any atom is -0.467 e. The topological polar surface area (TPSA) is 76.1 Å². The predicted octanol–water partition coefficient (Wildman–Crippen LogP) is 1.17. The molecule has 6 heteroatoms. The summed E-state index contributed by atoms with van der Waals surface area (Å²) in [5.74, 6) is -1.05. The normalized spacial score (nSPS) is 27.9. The van der Waals surface area contributed by atoms with E-state index in [-0.39, 0.29) is 19.5 Å². The number of hydrogen-bond donors (Lipinski definition) is 1. The van der Waals surface area contributed by atoms with Crippen molar-refractivity contribution >= 4 is 12.1 Å². The van der Waals surface area contributed by atoms with Crippen LogP contribution in [0, 0.1) is 5.92 Å². The van der Waals surface area contributed by atoms with E-state index in [1.165, 1.54) is 12.0 Å². The molecule has 0 bridgehead atoms. The molecule has 0 aromatic heterocycles. The van der Waals surface area contributed by atoms with Gasteiger partial charge in [0.1, 0.15) is 5.60 Å². The number of aliphatic hydroxyl groups is 1. The first-order chi connectivity index (χ1) is 8.60. The Labute approximate surface area is 113 Å². The second-order valence-electron chi connectivity index (χ2n) is 5.99. The van der Waals surface area contributed by atoms with Crippen molar-refractivity contribution in [1.29, 1.82) is 0 Å². The number of amides is 1. The Balaban J connectivity index is 2.69. The first-order valence-corrected chi connectivity index (χ1v) is 6.39. The van der Waals surface area contributed by atoms with Gasteiger partial charge in [-0.3, -0.25) is 0 Å². The Morgan fingerprint density at radius 1 is 1.37 bits per heavy atom. The van der Waals surface area contributed by atoms with Crippen LogP contribution in [0.4, 0.5) is 4.79 Å². The molecule has 19 heavy (non-hydrogen) atoms. The van der Waals surface area contributed by atoms with Crippen molar-refractivity contribution < 1.29 is 24.2 Å². The summed E-state index contributed by atoms with van der Waals surface area (Å²) in [4.78, 5) is 25.0. The van der Waals surface area contributed by atoms with Gasteiger partial charge in [0.2, 0.25) is 0 Å². The standard InChI is InChI=1S/C13H23NO5/c1-9-8-14(11(16)19-12(2,3)4)7-6-13(9,17)10(15)18-5/h9,17H,6-8H2,1-5H3/t9?,13-/m1/s1. The molecule has 1 unspecified atom stereocenters. The van der Waals surface area contributed by atoms with Gasteiger partial charge in [0.25, 0.3) is 0 Å². The molecular weight excluding hydrogens is 250 g/mol. The Bertz CT molecular complexity index is 363. The lowest BCUT2D eigenvalue weighted by Crippen LogP contribution is -2.57. The Hall–Kier alpha value is -1.30. The molecule has 1 aliphatic rings. The van der Waals surface area contributed by atoms with E-state index in [1.807, 2.05) is 0 Å². The average Bonchev–Trinajstić information content (AvgIpc) is 2.29. The van der Waals surface area contributed by atoms with Gasteiger partial charge in [0.05, 0.1) is 7.11 Å². The number of piperidine rings is 1. The summed E-state index contributed by atoms with van der Waals surface area (Å²) in [6, 6.07) is 0. The maximum Gasteiger partial charge on any atom is 0.410 e. The van der Waals surface area contributed by atoms with Gasteiger partial charge in [-0.05, 0) is 20.8 Å². The lowest BCUT2D eigenvalue weighted by Gasteiger charge is -2.41. The monoisotopic (exact) mass is 273 g/mol. The second kappa shape index (κ2) is 5.36. The van der Waals surface area contributed by atoms with Crippen LogP contribution in [0.3, 0.4) is 0 Å². The number of hydrogen-bond acceptors (Lipinski definition) is 5. The molecule has 1 aliphatic heterocycles. The van der Waals surface area contributed by atoms with Crippen molar-refractivity contribution in [2.75, 3.05) is 20.2 Å². The molecule has 0 radical (unpaired) electrons. The van der Waals surface area contributed by atoms with Gasteiger partial charge in [0.15, 0.2) is 5.60 Å². The summed E-state index contributed by atoms with van der Waals surface area (Å²) in [6.45, 7) is 7.63. The quantitative estimate of drug-likeness (QED) is 0.726. The van der Waals surface area contributed by atoms with Crippen molar-refractivity contribution in [3.8, 4) is 0 Å². The van der Waals surface area contributed by atoms with Crippen molar-refractivity contribution in [1.82, 2.24) is 4.90 Å². The highest BCUT2D eigenvalue weighted by molar-refractivity contribution is 5.80. The molecule has 1 heterocycles. The largest absolute Gasteiger partial charge is 0.467 e. The minimum atomic E-state index is -1.52. The summed E-state index contributed by atoms with van der Waals surface area (Å²) < 4.78 is 9.89. The number of likely N-dealkylation sites (tertiary alicyclic amines) is 1. The molecule has 6 nitrogen and oxygen atoms in total. The van der Waals surface area contributed by atoms with Crippen LogP contribution in [0.1, 0.15) is 34.1 Å². The smallest absolute Gasteiger partial charge is 0.410 e. The van der Waals surface area contributed by atoms with E-state index in [9.17, 15) is 14.7 Å². The Kier molecular flexibility index (Phi) is 4.45. The zero-order valence-corrected chi connectivity index (χ0v) is 12.2. The van der Waals surface area contributed by atoms with Gasteiger partial charge in [-0.1, -0.05) is 6.92 Å². The third-order valence-corrected chi connectivity index (χ3v) is 3.26. The number of esters is 1. The van der Waals surface area contributed by atoms with Gasteiger partial charge >= 0.3 is 12.1 Å². The third-order valence-electron chi connectivity index (χ3n) is 3.26. The van der Waals surface area contributed by atoms with E-state index in [1.54, 1.807) is 27.7 Å². The van der Waals surface area contributed by atoms with Gasteiger partial charge in [-0.15, -0.1) is 0 Å². The molecule has 110 valence electrons. The number of methoxy groups -OCH3 is 1. The molecule has 1 fully saturated rings. The molecule has 0 spiro atoms. The predicted molar refractivity (Wildman–Crippen MR) is 68.6 cm³/mol. The molecule has 0 aliphatic carbocycles. The highest BCUT2D eigenvalue weighted by Gasteiger charge is 2.47. The summed E-state index contributed by atoms with van der Waals surface area (Å²) in [5.41, 5.74) is -2.08. The highest BCUT2D eigenvalue weighted by atomic mass is 16.6. The minimum absolute atomic E-state index is 0.153. The zero-order valence-electron chi connectivity index (χ0n) is 12.2. The van der Waals surface area contributed by atoms with Crippen molar-refractivity contribution in [2.24, 2.45) is 5.92 Å². The van der Waals surface area contributed by atoms with Crippen LogP contribution in [-0.2, 0) is 14.3 Å². The Morgan fingerprint density at radius 3 is 2.37 bits per heavy atom. The maximum atomic E-state index is 11.9. The lowest BCUT2D eigenvalue weighted by molar-refractivity contribution is -0.174. The molecule has 2 atom stereocenters. The fourth-order valence-electron chi connectivity index (χ4n) is 2.10. The maximum absolute atomic E-state index is 11.9. The van der Waals surface area contributed by atoms with Crippen molar-refractivity contribution in [2.45, 2.75) is 45.3 Å². The van der Waals surface area contributed by atoms with Crippen molar-refractivity contribution in [3.63, 3.8) is 0 Å². The van der Waals surface area contributed by atoms with Crippen LogP contribution >= 0.6 is 0 Å². The van der Waals surface area contributed by atoms with Gasteiger partial charge in [-0.25, -0.2) is 9.59 Å².